The van der Waals surface area contributed by atoms with Crippen molar-refractivity contribution in [2.75, 3.05) is 17.2 Å². The molecule has 0 atom stereocenters. The number of aromatic nitrogens is 3. The van der Waals surface area contributed by atoms with E-state index in [9.17, 15) is 14.3 Å². The Kier molecular flexibility index (Phi) is 7.19. The minimum absolute atomic E-state index is 0.0389. The summed E-state index contributed by atoms with van der Waals surface area (Å²) >= 11 is 0. The number of aldehydes is 1. The van der Waals surface area contributed by atoms with Crippen LogP contribution in [0.15, 0.2) is 79.4 Å². The molecule has 0 aliphatic rings. The van der Waals surface area contributed by atoms with Crippen LogP contribution >= 0.6 is 0 Å². The van der Waals surface area contributed by atoms with Gasteiger partial charge in [0, 0.05) is 65.3 Å². The van der Waals surface area contributed by atoms with Gasteiger partial charge in [-0.25, -0.2) is 14.4 Å². The van der Waals surface area contributed by atoms with Gasteiger partial charge in [-0.15, -0.1) is 0 Å². The monoisotopic (exact) mass is 508 g/mol. The van der Waals surface area contributed by atoms with Crippen molar-refractivity contribution in [2.24, 2.45) is 0 Å². The maximum absolute atomic E-state index is 13.2. The average molecular weight is 509 g/mol. The molecule has 0 radical (unpaired) electrons. The summed E-state index contributed by atoms with van der Waals surface area (Å²) < 4.78 is 15.0. The van der Waals surface area contributed by atoms with Gasteiger partial charge in [0.2, 0.25) is 0 Å². The second-order valence-corrected chi connectivity index (χ2v) is 8.71. The standard InChI is InChI=1S/C29H25FN6O2/c30-23-3-1-19(2-4-23)14-32-27-7-5-24(11-21(27)13-31)35-29-26-12-25(6-8-28(26)33-18-34-29)36-15-20(9-10-37)22(16-36)17-38/h1-8,11-13,15-18,31-32,37H,9-10,14H2,(H,33,34,35). The first-order valence-electron chi connectivity index (χ1n) is 12.0. The van der Waals surface area contributed by atoms with Crippen LogP contribution in [-0.2, 0) is 13.0 Å². The topological polar surface area (TPSA) is 116 Å². The molecule has 9 heteroatoms. The zero-order chi connectivity index (χ0) is 26.5. The first kappa shape index (κ1) is 24.8. The molecule has 0 unspecified atom stereocenters. The van der Waals surface area contributed by atoms with E-state index in [4.69, 9.17) is 5.41 Å². The highest BCUT2D eigenvalue weighted by molar-refractivity contribution is 5.93. The van der Waals surface area contributed by atoms with Gasteiger partial charge in [-0.2, -0.15) is 0 Å². The summed E-state index contributed by atoms with van der Waals surface area (Å²) in [6.45, 7) is 0.460. The van der Waals surface area contributed by atoms with E-state index in [0.717, 1.165) is 45.4 Å². The number of carbonyl (C=O) groups excluding carboxylic acids is 1. The SMILES string of the molecule is N=Cc1cc(Nc2ncnc3ccc(-n4cc(C=O)c(CCO)c4)cc23)ccc1NCc1ccc(F)cc1. The molecule has 5 aromatic rings. The second-order valence-electron chi connectivity index (χ2n) is 8.71. The van der Waals surface area contributed by atoms with Crippen LogP contribution in [0.3, 0.4) is 0 Å². The summed E-state index contributed by atoms with van der Waals surface area (Å²) in [6, 6.07) is 17.6. The van der Waals surface area contributed by atoms with Crippen LogP contribution in [0, 0.1) is 11.2 Å². The van der Waals surface area contributed by atoms with Crippen molar-refractivity contribution >= 4 is 40.6 Å². The third-order valence-corrected chi connectivity index (χ3v) is 6.24. The molecule has 0 bridgehead atoms. The Bertz CT molecular complexity index is 1610. The molecule has 38 heavy (non-hydrogen) atoms. The van der Waals surface area contributed by atoms with Gasteiger partial charge >= 0.3 is 0 Å². The van der Waals surface area contributed by atoms with Gasteiger partial charge in [0.25, 0.3) is 0 Å². The quantitative estimate of drug-likeness (QED) is 0.151. The normalized spacial score (nSPS) is 10.9. The number of aliphatic hydroxyl groups is 1. The van der Waals surface area contributed by atoms with Crippen LogP contribution in [-0.4, -0.2) is 38.7 Å². The number of anilines is 3. The number of hydrogen-bond donors (Lipinski definition) is 4. The largest absolute Gasteiger partial charge is 0.396 e. The lowest BCUT2D eigenvalue weighted by Gasteiger charge is -2.14. The summed E-state index contributed by atoms with van der Waals surface area (Å²) in [5, 5.41) is 24.6. The Morgan fingerprint density at radius 3 is 2.61 bits per heavy atom. The van der Waals surface area contributed by atoms with E-state index in [1.165, 1.54) is 24.7 Å². The molecule has 4 N–H and O–H groups in total. The number of fused-ring (bicyclic) bond motifs is 1. The summed E-state index contributed by atoms with van der Waals surface area (Å²) in [5.74, 6) is 0.317. The Morgan fingerprint density at radius 1 is 1.00 bits per heavy atom. The fourth-order valence-corrected chi connectivity index (χ4v) is 4.26. The lowest BCUT2D eigenvalue weighted by Crippen LogP contribution is -2.03. The maximum atomic E-state index is 13.2. The number of halogens is 1. The molecule has 8 nitrogen and oxygen atoms in total. The molecule has 190 valence electrons. The number of aliphatic hydroxyl groups excluding tert-OH is 1. The van der Waals surface area contributed by atoms with Crippen LogP contribution < -0.4 is 10.6 Å². The van der Waals surface area contributed by atoms with E-state index in [2.05, 4.69) is 20.6 Å². The zero-order valence-corrected chi connectivity index (χ0v) is 20.4. The number of nitrogens with zero attached hydrogens (tertiary/aromatic N) is 3. The average Bonchev–Trinajstić information content (AvgIpc) is 3.36. The Morgan fingerprint density at radius 2 is 1.84 bits per heavy atom. The molecule has 0 spiro atoms. The first-order chi connectivity index (χ1) is 18.6. The first-order valence-corrected chi connectivity index (χ1v) is 12.0. The fourth-order valence-electron chi connectivity index (χ4n) is 4.26. The number of benzene rings is 3. The number of rotatable bonds is 10. The third kappa shape index (κ3) is 5.28. The van der Waals surface area contributed by atoms with Crippen molar-refractivity contribution in [1.82, 2.24) is 14.5 Å². The summed E-state index contributed by atoms with van der Waals surface area (Å²) in [6.07, 6.45) is 7.53. The summed E-state index contributed by atoms with van der Waals surface area (Å²) in [4.78, 5) is 20.3. The smallest absolute Gasteiger partial charge is 0.151 e. The molecular formula is C29H25FN6O2. The predicted octanol–water partition coefficient (Wildman–Crippen LogP) is 5.26. The number of hydrogen-bond acceptors (Lipinski definition) is 7. The van der Waals surface area contributed by atoms with Gasteiger partial charge in [-0.05, 0) is 66.1 Å². The van der Waals surface area contributed by atoms with Crippen LogP contribution in [0.5, 0.6) is 0 Å². The number of nitrogens with one attached hydrogen (secondary N) is 3. The third-order valence-electron chi connectivity index (χ3n) is 6.24. The lowest BCUT2D eigenvalue weighted by molar-refractivity contribution is 0.112. The van der Waals surface area contributed by atoms with Crippen LogP contribution in [0.25, 0.3) is 16.6 Å². The van der Waals surface area contributed by atoms with Gasteiger partial charge in [0.15, 0.2) is 6.29 Å². The van der Waals surface area contributed by atoms with Crippen molar-refractivity contribution < 1.29 is 14.3 Å². The van der Waals surface area contributed by atoms with Crippen LogP contribution in [0.2, 0.25) is 0 Å². The van der Waals surface area contributed by atoms with E-state index in [1.807, 2.05) is 47.2 Å². The van der Waals surface area contributed by atoms with E-state index < -0.39 is 0 Å². The molecule has 5 rings (SSSR count). The highest BCUT2D eigenvalue weighted by Gasteiger charge is 2.11. The summed E-state index contributed by atoms with van der Waals surface area (Å²) in [7, 11) is 0. The molecule has 0 fully saturated rings. The molecule has 2 aromatic heterocycles. The minimum atomic E-state index is -0.278. The van der Waals surface area contributed by atoms with Crippen molar-refractivity contribution in [3.05, 3.63) is 107 Å². The maximum Gasteiger partial charge on any atom is 0.151 e. The van der Waals surface area contributed by atoms with Crippen molar-refractivity contribution in [2.45, 2.75) is 13.0 Å². The zero-order valence-electron chi connectivity index (χ0n) is 20.4. The molecule has 3 aromatic carbocycles. The second kappa shape index (κ2) is 11.0. The Hall–Kier alpha value is -4.89. The minimum Gasteiger partial charge on any atom is -0.396 e. The van der Waals surface area contributed by atoms with Gasteiger partial charge in [-0.3, -0.25) is 4.79 Å². The van der Waals surface area contributed by atoms with Crippen molar-refractivity contribution in [3.63, 3.8) is 0 Å². The number of carbonyl (C=O) groups is 1. The molecule has 0 aliphatic heterocycles. The molecule has 0 amide bonds. The highest BCUT2D eigenvalue weighted by Crippen LogP contribution is 2.28. The van der Waals surface area contributed by atoms with Gasteiger partial charge in [0.05, 0.1) is 5.52 Å². The van der Waals surface area contributed by atoms with E-state index in [0.29, 0.717) is 29.9 Å². The fraction of sp³-hybridized carbons (Fsp3) is 0.103. The summed E-state index contributed by atoms with van der Waals surface area (Å²) in [5.41, 5.74) is 6.02. The molecule has 0 saturated carbocycles. The lowest BCUT2D eigenvalue weighted by atomic mass is 10.1. The van der Waals surface area contributed by atoms with Gasteiger partial charge < -0.3 is 25.7 Å². The Balaban J connectivity index is 1.41. The molecule has 0 aliphatic carbocycles. The molecule has 0 saturated heterocycles. The highest BCUT2D eigenvalue weighted by atomic mass is 19.1. The van der Waals surface area contributed by atoms with E-state index in [-0.39, 0.29) is 12.4 Å². The Labute approximate surface area is 218 Å². The predicted molar refractivity (Wildman–Crippen MR) is 146 cm³/mol. The van der Waals surface area contributed by atoms with Gasteiger partial charge in [0.1, 0.15) is 18.0 Å². The van der Waals surface area contributed by atoms with Gasteiger partial charge in [-0.1, -0.05) is 12.1 Å². The molecular weight excluding hydrogens is 483 g/mol. The molecule has 2 heterocycles. The van der Waals surface area contributed by atoms with Crippen molar-refractivity contribution in [1.29, 1.82) is 5.41 Å². The van der Waals surface area contributed by atoms with Crippen LogP contribution in [0.4, 0.5) is 21.6 Å². The van der Waals surface area contributed by atoms with Crippen molar-refractivity contribution in [3.8, 4) is 5.69 Å². The van der Waals surface area contributed by atoms with E-state index in [1.54, 1.807) is 18.3 Å². The van der Waals surface area contributed by atoms with E-state index >= 15 is 0 Å². The van der Waals surface area contributed by atoms with Crippen LogP contribution in [0.1, 0.15) is 27.0 Å².